The molecule has 0 aromatic carbocycles. The van der Waals surface area contributed by atoms with E-state index in [4.69, 9.17) is 0 Å². The third-order valence-electron chi connectivity index (χ3n) is 5.25. The first-order chi connectivity index (χ1) is 10.9. The van der Waals surface area contributed by atoms with Crippen LogP contribution in [0.2, 0.25) is 0 Å². The van der Waals surface area contributed by atoms with Crippen LogP contribution in [0.3, 0.4) is 0 Å². The molecule has 7 heteroatoms. The lowest BCUT2D eigenvalue weighted by atomic mass is 9.80. The minimum atomic E-state index is -4.23. The lowest BCUT2D eigenvalue weighted by Crippen LogP contribution is -2.49. The van der Waals surface area contributed by atoms with Gasteiger partial charge in [-0.2, -0.15) is 13.2 Å². The summed E-state index contributed by atoms with van der Waals surface area (Å²) in [4.78, 5) is 26.4. The van der Waals surface area contributed by atoms with Gasteiger partial charge in [0.25, 0.3) is 0 Å². The van der Waals surface area contributed by atoms with Gasteiger partial charge in [-0.1, -0.05) is 6.42 Å². The molecular formula is C16H23F3N2O2. The van der Waals surface area contributed by atoms with E-state index in [0.29, 0.717) is 25.8 Å². The Kier molecular flexibility index (Phi) is 4.56. The number of rotatable bonds is 3. The summed E-state index contributed by atoms with van der Waals surface area (Å²) in [6, 6.07) is -0.265. The highest BCUT2D eigenvalue weighted by Crippen LogP contribution is 2.41. The zero-order chi connectivity index (χ0) is 16.6. The van der Waals surface area contributed by atoms with Gasteiger partial charge in [0.05, 0.1) is 5.92 Å². The molecule has 3 fully saturated rings. The number of likely N-dealkylation sites (tertiary alicyclic amines) is 1. The van der Waals surface area contributed by atoms with Crippen LogP contribution in [0.5, 0.6) is 0 Å². The van der Waals surface area contributed by atoms with Gasteiger partial charge in [0, 0.05) is 18.5 Å². The molecule has 130 valence electrons. The molecule has 0 aromatic rings. The molecule has 0 bridgehead atoms. The van der Waals surface area contributed by atoms with Crippen molar-refractivity contribution in [2.45, 2.75) is 69.6 Å². The van der Waals surface area contributed by atoms with Crippen LogP contribution < -0.4 is 5.32 Å². The smallest absolute Gasteiger partial charge is 0.352 e. The topological polar surface area (TPSA) is 49.4 Å². The quantitative estimate of drug-likeness (QED) is 0.864. The number of amides is 2. The average Bonchev–Trinajstić information content (AvgIpc) is 3.18. The van der Waals surface area contributed by atoms with Gasteiger partial charge in [-0.25, -0.2) is 0 Å². The van der Waals surface area contributed by atoms with Crippen LogP contribution in [-0.2, 0) is 9.59 Å². The minimum absolute atomic E-state index is 0.110. The van der Waals surface area contributed by atoms with Gasteiger partial charge in [0.15, 0.2) is 0 Å². The number of carbonyl (C=O) groups is 2. The van der Waals surface area contributed by atoms with Crippen LogP contribution in [0, 0.1) is 11.8 Å². The summed E-state index contributed by atoms with van der Waals surface area (Å²) in [6.07, 6.45) is -0.0260. The second-order valence-electron chi connectivity index (χ2n) is 7.07. The summed E-state index contributed by atoms with van der Waals surface area (Å²) in [7, 11) is 0. The van der Waals surface area contributed by atoms with E-state index in [1.807, 2.05) is 0 Å². The molecule has 2 saturated carbocycles. The van der Waals surface area contributed by atoms with E-state index in [1.165, 1.54) is 4.90 Å². The van der Waals surface area contributed by atoms with Crippen molar-refractivity contribution < 1.29 is 22.8 Å². The normalized spacial score (nSPS) is 32.0. The van der Waals surface area contributed by atoms with E-state index >= 15 is 0 Å². The Morgan fingerprint density at radius 1 is 1.00 bits per heavy atom. The maximum Gasteiger partial charge on any atom is 0.391 e. The van der Waals surface area contributed by atoms with Crippen molar-refractivity contribution in [3.63, 3.8) is 0 Å². The highest BCUT2D eigenvalue weighted by atomic mass is 19.4. The molecule has 4 nitrogen and oxygen atoms in total. The van der Waals surface area contributed by atoms with Crippen molar-refractivity contribution in [3.8, 4) is 0 Å². The zero-order valence-corrected chi connectivity index (χ0v) is 13.1. The molecule has 3 aliphatic rings. The van der Waals surface area contributed by atoms with Crippen LogP contribution >= 0.6 is 0 Å². The fourth-order valence-corrected chi connectivity index (χ4v) is 3.77. The number of alkyl halides is 3. The predicted octanol–water partition coefficient (Wildman–Crippen LogP) is 2.62. The van der Waals surface area contributed by atoms with Gasteiger partial charge in [0.1, 0.15) is 6.04 Å². The number of halogens is 3. The number of hydrogen-bond donors (Lipinski definition) is 1. The van der Waals surface area contributed by atoms with Crippen molar-refractivity contribution in [1.29, 1.82) is 0 Å². The maximum atomic E-state index is 12.9. The molecule has 1 N–H and O–H groups in total. The molecular weight excluding hydrogens is 309 g/mol. The van der Waals surface area contributed by atoms with E-state index in [1.54, 1.807) is 0 Å². The molecule has 0 radical (unpaired) electrons. The first kappa shape index (κ1) is 16.6. The fourth-order valence-electron chi connectivity index (χ4n) is 3.77. The van der Waals surface area contributed by atoms with Gasteiger partial charge in [-0.05, 0) is 44.9 Å². The second kappa shape index (κ2) is 6.32. The zero-order valence-electron chi connectivity index (χ0n) is 13.1. The van der Waals surface area contributed by atoms with Crippen molar-refractivity contribution in [2.75, 3.05) is 6.54 Å². The third-order valence-corrected chi connectivity index (χ3v) is 5.25. The first-order valence-corrected chi connectivity index (χ1v) is 8.54. The number of hydrogen-bond acceptors (Lipinski definition) is 2. The Labute approximate surface area is 133 Å². The molecule has 0 spiro atoms. The summed E-state index contributed by atoms with van der Waals surface area (Å²) in [5.41, 5.74) is 0. The van der Waals surface area contributed by atoms with Gasteiger partial charge in [-0.15, -0.1) is 0 Å². The highest BCUT2D eigenvalue weighted by molar-refractivity contribution is 5.89. The largest absolute Gasteiger partial charge is 0.391 e. The minimum Gasteiger partial charge on any atom is -0.352 e. The Hall–Kier alpha value is -1.27. The Bertz CT molecular complexity index is 476. The third kappa shape index (κ3) is 3.80. The van der Waals surface area contributed by atoms with Gasteiger partial charge in [0.2, 0.25) is 11.8 Å². The number of nitrogens with zero attached hydrogens (tertiary/aromatic N) is 1. The number of nitrogens with one attached hydrogen (secondary N) is 1. The van der Waals surface area contributed by atoms with Gasteiger partial charge < -0.3 is 10.2 Å². The highest BCUT2D eigenvalue weighted by Gasteiger charge is 2.46. The van der Waals surface area contributed by atoms with E-state index in [9.17, 15) is 22.8 Å². The van der Waals surface area contributed by atoms with Crippen LogP contribution in [0.25, 0.3) is 0 Å². The molecule has 2 aliphatic carbocycles. The summed E-state index contributed by atoms with van der Waals surface area (Å²) in [6.45, 7) is 0.481. The molecule has 0 aromatic heterocycles. The summed E-state index contributed by atoms with van der Waals surface area (Å²) >= 11 is 0. The molecule has 23 heavy (non-hydrogen) atoms. The molecule has 3 atom stereocenters. The predicted molar refractivity (Wildman–Crippen MR) is 77.4 cm³/mol. The molecule has 1 heterocycles. The monoisotopic (exact) mass is 332 g/mol. The van der Waals surface area contributed by atoms with Crippen molar-refractivity contribution in [1.82, 2.24) is 10.2 Å². The molecule has 1 saturated heterocycles. The maximum absolute atomic E-state index is 12.9. The summed E-state index contributed by atoms with van der Waals surface area (Å²) < 4.78 is 38.8. The summed E-state index contributed by atoms with van der Waals surface area (Å²) in [5, 5.41) is 2.90. The second-order valence-corrected chi connectivity index (χ2v) is 7.07. The SMILES string of the molecule is O=C(NC1CC1)[C@@H]1CCCN1C(=O)[C@@H]1CCC[C@@H](C(F)(F)F)C1. The lowest BCUT2D eigenvalue weighted by molar-refractivity contribution is -0.187. The molecule has 3 rings (SSSR count). The van der Waals surface area contributed by atoms with E-state index in [2.05, 4.69) is 5.32 Å². The Morgan fingerprint density at radius 3 is 2.39 bits per heavy atom. The number of carbonyl (C=O) groups excluding carboxylic acids is 2. The van der Waals surface area contributed by atoms with Crippen molar-refractivity contribution in [2.24, 2.45) is 11.8 Å². The molecule has 1 aliphatic heterocycles. The Balaban J connectivity index is 1.62. The van der Waals surface area contributed by atoms with Gasteiger partial charge >= 0.3 is 6.18 Å². The first-order valence-electron chi connectivity index (χ1n) is 8.54. The van der Waals surface area contributed by atoms with Crippen LogP contribution in [0.15, 0.2) is 0 Å². The lowest BCUT2D eigenvalue weighted by Gasteiger charge is -2.33. The Morgan fingerprint density at radius 2 is 1.74 bits per heavy atom. The van der Waals surface area contributed by atoms with Crippen LogP contribution in [-0.4, -0.2) is 41.5 Å². The van der Waals surface area contributed by atoms with E-state index in [-0.39, 0.29) is 30.7 Å². The van der Waals surface area contributed by atoms with Crippen LogP contribution in [0.4, 0.5) is 13.2 Å². The average molecular weight is 332 g/mol. The van der Waals surface area contributed by atoms with Crippen molar-refractivity contribution >= 4 is 11.8 Å². The van der Waals surface area contributed by atoms with E-state index in [0.717, 1.165) is 19.3 Å². The molecule has 2 amide bonds. The summed E-state index contributed by atoms with van der Waals surface area (Å²) in [5.74, 6) is -2.37. The van der Waals surface area contributed by atoms with E-state index < -0.39 is 24.1 Å². The molecule has 0 unspecified atom stereocenters. The van der Waals surface area contributed by atoms with Crippen LogP contribution in [0.1, 0.15) is 51.4 Å². The van der Waals surface area contributed by atoms with Crippen molar-refractivity contribution in [3.05, 3.63) is 0 Å². The standard InChI is InChI=1S/C16H23F3N2O2/c17-16(18,19)11-4-1-3-10(9-11)15(23)21-8-2-5-13(21)14(22)20-12-6-7-12/h10-13H,1-9H2,(H,20,22)/t10-,11-,13+/m1/s1. The van der Waals surface area contributed by atoms with Gasteiger partial charge in [-0.3, -0.25) is 9.59 Å². The fraction of sp³-hybridized carbons (Fsp3) is 0.875.